The van der Waals surface area contributed by atoms with Crippen LogP contribution < -0.4 is 16.6 Å². The highest BCUT2D eigenvalue weighted by Gasteiger charge is 2.18. The minimum Gasteiger partial charge on any atom is -0.345 e. The minimum atomic E-state index is -0.152. The molecule has 1 unspecified atom stereocenters. The zero-order chi connectivity index (χ0) is 15.6. The number of aryl methyl sites for hydroxylation is 3. The van der Waals surface area contributed by atoms with Crippen LogP contribution in [-0.2, 0) is 0 Å². The van der Waals surface area contributed by atoms with Crippen LogP contribution in [0.15, 0.2) is 18.2 Å². The highest BCUT2D eigenvalue weighted by Crippen LogP contribution is 2.25. The van der Waals surface area contributed by atoms with Crippen molar-refractivity contribution in [2.24, 2.45) is 5.84 Å². The number of benzene rings is 1. The van der Waals surface area contributed by atoms with Gasteiger partial charge in [-0.15, -0.1) is 11.3 Å². The van der Waals surface area contributed by atoms with Crippen LogP contribution in [0.4, 0.5) is 5.69 Å². The largest absolute Gasteiger partial charge is 0.345 e. The Morgan fingerprint density at radius 2 is 2.05 bits per heavy atom. The van der Waals surface area contributed by atoms with Gasteiger partial charge in [-0.25, -0.2) is 4.98 Å². The van der Waals surface area contributed by atoms with Gasteiger partial charge in [-0.2, -0.15) is 0 Å². The molecule has 0 aliphatic heterocycles. The first-order valence-corrected chi connectivity index (χ1v) is 7.56. The number of nitrogens with two attached hydrogens (primary N) is 1. The number of anilines is 1. The van der Waals surface area contributed by atoms with Crippen LogP contribution in [0.2, 0.25) is 0 Å². The average molecular weight is 304 g/mol. The predicted molar refractivity (Wildman–Crippen MR) is 86.5 cm³/mol. The molecular formula is C15H20N4OS. The van der Waals surface area contributed by atoms with Crippen molar-refractivity contribution in [1.82, 2.24) is 10.3 Å². The summed E-state index contributed by atoms with van der Waals surface area (Å²) in [5, 5.41) is 4.00. The van der Waals surface area contributed by atoms with Crippen molar-refractivity contribution in [2.45, 2.75) is 33.7 Å². The number of nitrogens with zero attached hydrogens (tertiary/aromatic N) is 1. The molecule has 1 aromatic carbocycles. The number of hydrogen-bond donors (Lipinski definition) is 3. The summed E-state index contributed by atoms with van der Waals surface area (Å²) < 4.78 is 0. The maximum Gasteiger partial charge on any atom is 0.253 e. The van der Waals surface area contributed by atoms with Crippen molar-refractivity contribution in [1.29, 1.82) is 0 Å². The third-order valence-electron chi connectivity index (χ3n) is 3.26. The fourth-order valence-corrected chi connectivity index (χ4v) is 3.19. The van der Waals surface area contributed by atoms with Crippen LogP contribution in [-0.4, -0.2) is 10.9 Å². The smallest absolute Gasteiger partial charge is 0.253 e. The quantitative estimate of drug-likeness (QED) is 0.599. The number of nitrogens with one attached hydrogen (secondary N) is 2. The Morgan fingerprint density at radius 1 is 1.33 bits per heavy atom. The van der Waals surface area contributed by atoms with E-state index in [0.29, 0.717) is 11.3 Å². The van der Waals surface area contributed by atoms with Crippen molar-refractivity contribution in [3.8, 4) is 0 Å². The summed E-state index contributed by atoms with van der Waals surface area (Å²) in [4.78, 5) is 17.9. The standard InChI is InChI=1S/C15H20N4OS/c1-8-5-6-12(13(7-8)19-16)15(20)18-10(3)14-9(2)17-11(4)21-14/h5-7,10,19H,16H2,1-4H3,(H,18,20). The average Bonchev–Trinajstić information content (AvgIpc) is 2.77. The number of carbonyl (C=O) groups is 1. The van der Waals surface area contributed by atoms with Crippen LogP contribution in [0.25, 0.3) is 0 Å². The van der Waals surface area contributed by atoms with Crippen molar-refractivity contribution in [3.63, 3.8) is 0 Å². The summed E-state index contributed by atoms with van der Waals surface area (Å²) in [6.07, 6.45) is 0. The van der Waals surface area contributed by atoms with Gasteiger partial charge >= 0.3 is 0 Å². The Morgan fingerprint density at radius 3 is 2.62 bits per heavy atom. The topological polar surface area (TPSA) is 80.0 Å². The molecule has 5 nitrogen and oxygen atoms in total. The third-order valence-corrected chi connectivity index (χ3v) is 4.51. The van der Waals surface area contributed by atoms with Crippen LogP contribution in [0.5, 0.6) is 0 Å². The molecule has 21 heavy (non-hydrogen) atoms. The van der Waals surface area contributed by atoms with Gasteiger partial charge in [0.15, 0.2) is 0 Å². The maximum absolute atomic E-state index is 12.4. The Balaban J connectivity index is 2.20. The molecule has 0 aliphatic carbocycles. The summed E-state index contributed by atoms with van der Waals surface area (Å²) in [5.41, 5.74) is 5.74. The molecule has 0 fully saturated rings. The summed E-state index contributed by atoms with van der Waals surface area (Å²) in [6, 6.07) is 5.43. The minimum absolute atomic E-state index is 0.0874. The van der Waals surface area contributed by atoms with E-state index in [1.54, 1.807) is 17.4 Å². The first-order chi connectivity index (χ1) is 9.92. The van der Waals surface area contributed by atoms with E-state index in [-0.39, 0.29) is 11.9 Å². The van der Waals surface area contributed by atoms with Gasteiger partial charge in [0.1, 0.15) is 0 Å². The van der Waals surface area contributed by atoms with Gasteiger partial charge < -0.3 is 10.7 Å². The van der Waals surface area contributed by atoms with Crippen LogP contribution in [0, 0.1) is 20.8 Å². The third kappa shape index (κ3) is 3.40. The molecule has 4 N–H and O–H groups in total. The molecule has 0 bridgehead atoms. The van der Waals surface area contributed by atoms with Crippen molar-refractivity contribution >= 4 is 22.9 Å². The number of hydrogen-bond acceptors (Lipinski definition) is 5. The number of aromatic nitrogens is 1. The summed E-state index contributed by atoms with van der Waals surface area (Å²) in [6.45, 7) is 7.84. The summed E-state index contributed by atoms with van der Waals surface area (Å²) in [5.74, 6) is 5.34. The molecule has 112 valence electrons. The first-order valence-electron chi connectivity index (χ1n) is 6.74. The molecular weight excluding hydrogens is 284 g/mol. The summed E-state index contributed by atoms with van der Waals surface area (Å²) >= 11 is 1.61. The molecule has 2 aromatic rings. The molecule has 0 aliphatic rings. The Labute approximate surface area is 128 Å². The van der Waals surface area contributed by atoms with Gasteiger partial charge in [-0.3, -0.25) is 10.6 Å². The van der Waals surface area contributed by atoms with Crippen LogP contribution >= 0.6 is 11.3 Å². The van der Waals surface area contributed by atoms with Crippen molar-refractivity contribution in [3.05, 3.63) is 44.9 Å². The molecule has 0 radical (unpaired) electrons. The number of rotatable bonds is 4. The first kappa shape index (κ1) is 15.5. The lowest BCUT2D eigenvalue weighted by atomic mass is 10.1. The normalized spacial score (nSPS) is 12.0. The van der Waals surface area contributed by atoms with E-state index in [0.717, 1.165) is 21.1 Å². The van der Waals surface area contributed by atoms with Gasteiger partial charge in [-0.1, -0.05) is 6.07 Å². The van der Waals surface area contributed by atoms with E-state index in [1.165, 1.54) is 0 Å². The highest BCUT2D eigenvalue weighted by atomic mass is 32.1. The van der Waals surface area contributed by atoms with E-state index in [2.05, 4.69) is 15.7 Å². The molecule has 1 amide bonds. The molecule has 1 aromatic heterocycles. The molecule has 1 heterocycles. The van der Waals surface area contributed by atoms with Gasteiger partial charge in [0, 0.05) is 4.88 Å². The molecule has 0 saturated carbocycles. The molecule has 0 spiro atoms. The number of hydrazine groups is 1. The van der Waals surface area contributed by atoms with E-state index in [4.69, 9.17) is 5.84 Å². The maximum atomic E-state index is 12.4. The monoisotopic (exact) mass is 304 g/mol. The second-order valence-corrected chi connectivity index (χ2v) is 6.31. The van der Waals surface area contributed by atoms with Gasteiger partial charge in [0.05, 0.1) is 28.0 Å². The van der Waals surface area contributed by atoms with E-state index in [1.807, 2.05) is 39.8 Å². The van der Waals surface area contributed by atoms with Gasteiger partial charge in [0.2, 0.25) is 0 Å². The molecule has 6 heteroatoms. The lowest BCUT2D eigenvalue weighted by Crippen LogP contribution is -2.28. The zero-order valence-electron chi connectivity index (χ0n) is 12.7. The second-order valence-electron chi connectivity index (χ2n) is 5.07. The number of nitrogen functional groups attached to an aromatic ring is 1. The van der Waals surface area contributed by atoms with Crippen molar-refractivity contribution in [2.75, 3.05) is 5.43 Å². The number of amides is 1. The fraction of sp³-hybridized carbons (Fsp3) is 0.333. The van der Waals surface area contributed by atoms with E-state index in [9.17, 15) is 4.79 Å². The number of thiazole rings is 1. The van der Waals surface area contributed by atoms with Gasteiger partial charge in [0.25, 0.3) is 5.91 Å². The predicted octanol–water partition coefficient (Wildman–Crippen LogP) is 2.84. The molecule has 1 atom stereocenters. The Hall–Kier alpha value is -1.92. The lowest BCUT2D eigenvalue weighted by molar-refractivity contribution is 0.0941. The second kappa shape index (κ2) is 6.24. The Bertz CT molecular complexity index is 666. The fourth-order valence-electron chi connectivity index (χ4n) is 2.26. The molecule has 2 rings (SSSR count). The zero-order valence-corrected chi connectivity index (χ0v) is 13.5. The Kier molecular flexibility index (Phi) is 4.59. The lowest BCUT2D eigenvalue weighted by Gasteiger charge is -2.15. The van der Waals surface area contributed by atoms with Crippen molar-refractivity contribution < 1.29 is 4.79 Å². The van der Waals surface area contributed by atoms with Crippen LogP contribution in [0.3, 0.4) is 0 Å². The highest BCUT2D eigenvalue weighted by molar-refractivity contribution is 7.11. The SMILES string of the molecule is Cc1ccc(C(=O)NC(C)c2sc(C)nc2C)c(NN)c1. The number of carbonyl (C=O) groups excluding carboxylic acids is 1. The van der Waals surface area contributed by atoms with E-state index >= 15 is 0 Å². The van der Waals surface area contributed by atoms with Gasteiger partial charge in [-0.05, 0) is 45.4 Å². The molecule has 0 saturated heterocycles. The van der Waals surface area contributed by atoms with E-state index < -0.39 is 0 Å². The summed E-state index contributed by atoms with van der Waals surface area (Å²) in [7, 11) is 0. The van der Waals surface area contributed by atoms with Crippen LogP contribution in [0.1, 0.15) is 44.5 Å².